The molecule has 1 aromatic heterocycles. The van der Waals surface area contributed by atoms with Gasteiger partial charge in [0.15, 0.2) is 0 Å². The summed E-state index contributed by atoms with van der Waals surface area (Å²) >= 11 is 0. The summed E-state index contributed by atoms with van der Waals surface area (Å²) in [5.41, 5.74) is 5.28. The van der Waals surface area contributed by atoms with E-state index in [2.05, 4.69) is 23.5 Å². The number of fused-ring (bicyclic) bond motifs is 1. The van der Waals surface area contributed by atoms with Crippen LogP contribution in [0.1, 0.15) is 40.9 Å². The van der Waals surface area contributed by atoms with Gasteiger partial charge in [0.2, 0.25) is 5.95 Å². The van der Waals surface area contributed by atoms with Crippen LogP contribution in [0.2, 0.25) is 0 Å². The fraction of sp³-hybridized carbons (Fsp3) is 0.240. The molecule has 1 amide bonds. The first kappa shape index (κ1) is 20.7. The smallest absolute Gasteiger partial charge is 0.259 e. The van der Waals surface area contributed by atoms with Crippen molar-refractivity contribution in [2.45, 2.75) is 19.4 Å². The minimum Gasteiger partial charge on any atom is -0.347 e. The SMILES string of the molecule is C=C1C(C)CC(=N/C)/C(=C\C=C\N2C(=O)c3ccccc3C2c2ccc(F)nc2)N1C. The molecule has 1 saturated heterocycles. The Morgan fingerprint density at radius 2 is 2.03 bits per heavy atom. The molecule has 4 rings (SSSR count). The molecule has 2 aromatic rings. The van der Waals surface area contributed by atoms with Crippen LogP contribution in [0.5, 0.6) is 0 Å². The van der Waals surface area contributed by atoms with Gasteiger partial charge in [-0.2, -0.15) is 4.39 Å². The Labute approximate surface area is 181 Å². The lowest BCUT2D eigenvalue weighted by molar-refractivity contribution is 0.0823. The average molecular weight is 417 g/mol. The Kier molecular flexibility index (Phi) is 5.55. The van der Waals surface area contributed by atoms with E-state index >= 15 is 0 Å². The third-order valence-electron chi connectivity index (χ3n) is 5.99. The highest BCUT2D eigenvalue weighted by molar-refractivity contribution is 6.02. The Bertz CT molecular complexity index is 1120. The quantitative estimate of drug-likeness (QED) is 0.681. The van der Waals surface area contributed by atoms with Crippen LogP contribution in [0.4, 0.5) is 4.39 Å². The standard InChI is InChI=1S/C25H25FN4O/c1-16-14-21(27-3)22(29(4)17(16)2)10-7-13-30-24(18-11-12-23(26)28-15-18)19-8-5-6-9-20(19)25(30)31/h5-13,15-16,24H,2,14H2,1,3-4H3/b13-7+,22-10+,27-21-. The van der Waals surface area contributed by atoms with Crippen LogP contribution in [0.25, 0.3) is 0 Å². The number of pyridine rings is 1. The first-order valence-electron chi connectivity index (χ1n) is 10.2. The van der Waals surface area contributed by atoms with Crippen molar-refractivity contribution < 1.29 is 9.18 Å². The number of amides is 1. The average Bonchev–Trinajstić information content (AvgIpc) is 3.06. The molecule has 0 N–H and O–H groups in total. The number of carbonyl (C=O) groups excluding carboxylic acids is 1. The van der Waals surface area contributed by atoms with Crippen LogP contribution in [-0.4, -0.2) is 40.5 Å². The zero-order valence-corrected chi connectivity index (χ0v) is 17.9. The van der Waals surface area contributed by atoms with Gasteiger partial charge < -0.3 is 9.80 Å². The van der Waals surface area contributed by atoms with Gasteiger partial charge in [0.05, 0.1) is 17.5 Å². The maximum atomic E-state index is 13.4. The molecule has 3 heterocycles. The zero-order valence-electron chi connectivity index (χ0n) is 17.9. The molecule has 2 aliphatic heterocycles. The van der Waals surface area contributed by atoms with Crippen molar-refractivity contribution in [1.82, 2.24) is 14.8 Å². The second-order valence-electron chi connectivity index (χ2n) is 7.84. The first-order chi connectivity index (χ1) is 14.9. The molecule has 0 spiro atoms. The number of nitrogens with zero attached hydrogens (tertiary/aromatic N) is 4. The summed E-state index contributed by atoms with van der Waals surface area (Å²) in [5, 5.41) is 0. The second kappa shape index (κ2) is 8.30. The van der Waals surface area contributed by atoms with Gasteiger partial charge in [-0.05, 0) is 41.8 Å². The molecule has 1 fully saturated rings. The Morgan fingerprint density at radius 1 is 1.26 bits per heavy atom. The van der Waals surface area contributed by atoms with Gasteiger partial charge in [-0.25, -0.2) is 4.98 Å². The van der Waals surface area contributed by atoms with Gasteiger partial charge in [0, 0.05) is 43.7 Å². The van der Waals surface area contributed by atoms with Crippen molar-refractivity contribution in [3.63, 3.8) is 0 Å². The summed E-state index contributed by atoms with van der Waals surface area (Å²) in [6, 6.07) is 10.1. The largest absolute Gasteiger partial charge is 0.347 e. The van der Waals surface area contributed by atoms with Gasteiger partial charge in [0.1, 0.15) is 0 Å². The van der Waals surface area contributed by atoms with E-state index in [4.69, 9.17) is 0 Å². The van der Waals surface area contributed by atoms with E-state index in [-0.39, 0.29) is 11.9 Å². The van der Waals surface area contributed by atoms with E-state index in [0.29, 0.717) is 11.5 Å². The molecule has 2 unspecified atom stereocenters. The number of aliphatic imine (C=N–C) groups is 1. The maximum Gasteiger partial charge on any atom is 0.259 e. The molecular weight excluding hydrogens is 391 g/mol. The highest BCUT2D eigenvalue weighted by atomic mass is 19.1. The number of likely N-dealkylation sites (tertiary alicyclic amines) is 1. The van der Waals surface area contributed by atoms with E-state index in [1.54, 1.807) is 24.2 Å². The molecule has 2 aliphatic rings. The summed E-state index contributed by atoms with van der Waals surface area (Å²) in [4.78, 5) is 25.1. The van der Waals surface area contributed by atoms with Crippen LogP contribution in [0, 0.1) is 11.9 Å². The van der Waals surface area contributed by atoms with Crippen molar-refractivity contribution in [3.8, 4) is 0 Å². The minimum atomic E-state index is -0.547. The van der Waals surface area contributed by atoms with E-state index in [1.165, 1.54) is 12.3 Å². The summed E-state index contributed by atoms with van der Waals surface area (Å²) in [6.45, 7) is 6.32. The fourth-order valence-electron chi connectivity index (χ4n) is 4.21. The summed E-state index contributed by atoms with van der Waals surface area (Å²) in [7, 11) is 3.77. The predicted molar refractivity (Wildman–Crippen MR) is 120 cm³/mol. The fourth-order valence-corrected chi connectivity index (χ4v) is 4.21. The highest BCUT2D eigenvalue weighted by Gasteiger charge is 2.36. The number of allylic oxidation sites excluding steroid dienone is 4. The third-order valence-corrected chi connectivity index (χ3v) is 5.99. The van der Waals surface area contributed by atoms with Gasteiger partial charge in [-0.15, -0.1) is 0 Å². The van der Waals surface area contributed by atoms with Crippen LogP contribution in [-0.2, 0) is 0 Å². The van der Waals surface area contributed by atoms with Crippen molar-refractivity contribution in [1.29, 1.82) is 0 Å². The first-order valence-corrected chi connectivity index (χ1v) is 10.2. The van der Waals surface area contributed by atoms with Gasteiger partial charge >= 0.3 is 0 Å². The van der Waals surface area contributed by atoms with E-state index in [1.807, 2.05) is 48.4 Å². The monoisotopic (exact) mass is 416 g/mol. The number of benzene rings is 1. The van der Waals surface area contributed by atoms with Crippen molar-refractivity contribution in [3.05, 3.63) is 102 Å². The Balaban J connectivity index is 1.70. The van der Waals surface area contributed by atoms with Crippen molar-refractivity contribution >= 4 is 11.6 Å². The lowest BCUT2D eigenvalue weighted by Crippen LogP contribution is -2.33. The third kappa shape index (κ3) is 3.69. The number of halogens is 1. The van der Waals surface area contributed by atoms with Crippen LogP contribution in [0.3, 0.4) is 0 Å². The van der Waals surface area contributed by atoms with E-state index in [9.17, 15) is 9.18 Å². The van der Waals surface area contributed by atoms with Gasteiger partial charge in [-0.3, -0.25) is 9.79 Å². The van der Waals surface area contributed by atoms with Crippen molar-refractivity contribution in [2.24, 2.45) is 10.9 Å². The van der Waals surface area contributed by atoms with E-state index in [0.717, 1.165) is 34.7 Å². The molecule has 6 heteroatoms. The zero-order chi connectivity index (χ0) is 22.1. The Morgan fingerprint density at radius 3 is 2.74 bits per heavy atom. The number of rotatable bonds is 3. The molecule has 0 saturated carbocycles. The predicted octanol–water partition coefficient (Wildman–Crippen LogP) is 4.72. The summed E-state index contributed by atoms with van der Waals surface area (Å²) < 4.78 is 13.4. The van der Waals surface area contributed by atoms with Crippen LogP contribution < -0.4 is 0 Å². The highest BCUT2D eigenvalue weighted by Crippen LogP contribution is 2.38. The number of aromatic nitrogens is 1. The molecule has 0 bridgehead atoms. The lowest BCUT2D eigenvalue weighted by Gasteiger charge is -2.35. The normalized spacial score (nSPS) is 24.0. The topological polar surface area (TPSA) is 48.8 Å². The summed E-state index contributed by atoms with van der Waals surface area (Å²) in [6.07, 6.45) is 7.89. The maximum absolute atomic E-state index is 13.4. The molecule has 5 nitrogen and oxygen atoms in total. The molecule has 158 valence electrons. The summed E-state index contributed by atoms with van der Waals surface area (Å²) in [5.74, 6) is -0.316. The Hall–Kier alpha value is -3.54. The molecule has 0 aliphatic carbocycles. The van der Waals surface area contributed by atoms with Crippen LogP contribution >= 0.6 is 0 Å². The van der Waals surface area contributed by atoms with Crippen molar-refractivity contribution in [2.75, 3.05) is 14.1 Å². The number of carbonyl (C=O) groups is 1. The molecule has 2 atom stereocenters. The minimum absolute atomic E-state index is 0.0982. The van der Waals surface area contributed by atoms with Gasteiger partial charge in [0.25, 0.3) is 5.91 Å². The van der Waals surface area contributed by atoms with Gasteiger partial charge in [-0.1, -0.05) is 37.8 Å². The number of piperidine rings is 1. The molecule has 1 aromatic carbocycles. The molecular formula is C25H25FN4O. The van der Waals surface area contributed by atoms with Crippen LogP contribution in [0.15, 0.2) is 83.9 Å². The molecule has 0 radical (unpaired) electrons. The molecule has 31 heavy (non-hydrogen) atoms. The number of hydrogen-bond acceptors (Lipinski definition) is 4. The number of hydrogen-bond donors (Lipinski definition) is 0. The lowest BCUT2D eigenvalue weighted by atomic mass is 9.93. The second-order valence-corrected chi connectivity index (χ2v) is 7.84. The van der Waals surface area contributed by atoms with E-state index < -0.39 is 5.95 Å².